The highest BCUT2D eigenvalue weighted by Crippen LogP contribution is 2.21. The average molecular weight is 254 g/mol. The number of aryl methyl sites for hydroxylation is 1. The molecule has 2 aromatic rings. The van der Waals surface area contributed by atoms with Gasteiger partial charge in [0.2, 0.25) is 0 Å². The Balaban J connectivity index is 2.17. The van der Waals surface area contributed by atoms with Gasteiger partial charge in [0.05, 0.1) is 0 Å². The van der Waals surface area contributed by atoms with Crippen LogP contribution in [0.15, 0.2) is 48.5 Å². The minimum Gasteiger partial charge on any atom is -0.508 e. The summed E-state index contributed by atoms with van der Waals surface area (Å²) in [7, 11) is 0. The highest BCUT2D eigenvalue weighted by molar-refractivity contribution is 5.49. The summed E-state index contributed by atoms with van der Waals surface area (Å²) >= 11 is 0. The molecule has 2 aromatic carbocycles. The van der Waals surface area contributed by atoms with Crippen LogP contribution in [-0.4, -0.2) is 11.4 Å². The number of aromatic hydroxyl groups is 1. The van der Waals surface area contributed by atoms with Gasteiger partial charge < -0.3 is 9.90 Å². The van der Waals surface area contributed by atoms with Crippen LogP contribution < -0.4 is 0 Å². The molecule has 0 saturated carbocycles. The number of carbonyl (C=O) groups excluding carboxylic acids is 1. The number of hydrogen-bond acceptors (Lipinski definition) is 2. The standard InChI is InChI=1S/C17H18O2/c18-11-5-4-8-15-9-10-17(19)13-16(15)12-14-6-2-1-3-7-14/h1-3,6-7,9-11,13,19H,4-5,8,12H2. The van der Waals surface area contributed by atoms with Gasteiger partial charge in [-0.3, -0.25) is 0 Å². The number of hydrogen-bond donors (Lipinski definition) is 1. The lowest BCUT2D eigenvalue weighted by Crippen LogP contribution is -1.96. The number of rotatable bonds is 6. The molecule has 2 heteroatoms. The number of aldehydes is 1. The van der Waals surface area contributed by atoms with Crippen LogP contribution in [0, 0.1) is 0 Å². The number of benzene rings is 2. The molecule has 0 saturated heterocycles. The summed E-state index contributed by atoms with van der Waals surface area (Å²) in [6, 6.07) is 15.7. The Morgan fingerprint density at radius 1 is 1.00 bits per heavy atom. The Bertz CT molecular complexity index is 532. The van der Waals surface area contributed by atoms with E-state index in [0.29, 0.717) is 12.2 Å². The van der Waals surface area contributed by atoms with Gasteiger partial charge in [-0.1, -0.05) is 36.4 Å². The van der Waals surface area contributed by atoms with E-state index in [2.05, 4.69) is 12.1 Å². The van der Waals surface area contributed by atoms with Gasteiger partial charge in [0.15, 0.2) is 0 Å². The van der Waals surface area contributed by atoms with E-state index >= 15 is 0 Å². The third-order valence-corrected chi connectivity index (χ3v) is 3.20. The van der Waals surface area contributed by atoms with E-state index in [0.717, 1.165) is 31.1 Å². The van der Waals surface area contributed by atoms with E-state index in [1.54, 1.807) is 6.07 Å². The molecule has 0 aliphatic rings. The van der Waals surface area contributed by atoms with Crippen molar-refractivity contribution in [2.24, 2.45) is 0 Å². The maximum Gasteiger partial charge on any atom is 0.120 e. The van der Waals surface area contributed by atoms with E-state index in [-0.39, 0.29) is 0 Å². The van der Waals surface area contributed by atoms with Crippen molar-refractivity contribution in [1.29, 1.82) is 0 Å². The Morgan fingerprint density at radius 2 is 1.79 bits per heavy atom. The number of unbranched alkanes of at least 4 members (excludes halogenated alkanes) is 1. The first-order valence-electron chi connectivity index (χ1n) is 6.58. The van der Waals surface area contributed by atoms with Crippen molar-refractivity contribution in [2.75, 3.05) is 0 Å². The smallest absolute Gasteiger partial charge is 0.120 e. The minimum absolute atomic E-state index is 0.296. The summed E-state index contributed by atoms with van der Waals surface area (Å²) < 4.78 is 0. The second-order valence-corrected chi connectivity index (χ2v) is 4.67. The first kappa shape index (κ1) is 13.3. The minimum atomic E-state index is 0.296. The van der Waals surface area contributed by atoms with Crippen molar-refractivity contribution in [2.45, 2.75) is 25.7 Å². The van der Waals surface area contributed by atoms with E-state index in [4.69, 9.17) is 0 Å². The molecule has 0 amide bonds. The highest BCUT2D eigenvalue weighted by Gasteiger charge is 2.05. The van der Waals surface area contributed by atoms with Crippen LogP contribution in [0.1, 0.15) is 29.5 Å². The van der Waals surface area contributed by atoms with Crippen LogP contribution in [0.3, 0.4) is 0 Å². The molecule has 2 nitrogen and oxygen atoms in total. The Labute approximate surface area is 113 Å². The summed E-state index contributed by atoms with van der Waals surface area (Å²) in [5.41, 5.74) is 3.57. The molecule has 19 heavy (non-hydrogen) atoms. The Hall–Kier alpha value is -2.09. The van der Waals surface area contributed by atoms with Crippen LogP contribution in [0.25, 0.3) is 0 Å². The zero-order chi connectivity index (χ0) is 13.5. The van der Waals surface area contributed by atoms with Gasteiger partial charge in [-0.15, -0.1) is 0 Å². The first-order valence-corrected chi connectivity index (χ1v) is 6.58. The second kappa shape index (κ2) is 6.74. The van der Waals surface area contributed by atoms with Crippen molar-refractivity contribution in [1.82, 2.24) is 0 Å². The molecule has 0 fully saturated rings. The van der Waals surface area contributed by atoms with E-state index in [1.165, 1.54) is 11.1 Å². The fourth-order valence-electron chi connectivity index (χ4n) is 2.21. The molecule has 0 unspecified atom stereocenters. The van der Waals surface area contributed by atoms with E-state index in [9.17, 15) is 9.90 Å². The molecule has 0 aromatic heterocycles. The molecule has 0 bridgehead atoms. The Morgan fingerprint density at radius 3 is 2.53 bits per heavy atom. The molecule has 0 aliphatic heterocycles. The quantitative estimate of drug-likeness (QED) is 0.632. The zero-order valence-corrected chi connectivity index (χ0v) is 10.9. The first-order chi connectivity index (χ1) is 9.29. The van der Waals surface area contributed by atoms with E-state index < -0.39 is 0 Å². The van der Waals surface area contributed by atoms with Gasteiger partial charge >= 0.3 is 0 Å². The summed E-state index contributed by atoms with van der Waals surface area (Å²) in [6.07, 6.45) is 4.09. The van der Waals surface area contributed by atoms with Crippen LogP contribution in [-0.2, 0) is 17.6 Å². The lowest BCUT2D eigenvalue weighted by atomic mass is 9.96. The largest absolute Gasteiger partial charge is 0.508 e. The number of carbonyl (C=O) groups is 1. The normalized spacial score (nSPS) is 10.3. The lowest BCUT2D eigenvalue weighted by molar-refractivity contribution is -0.107. The maximum absolute atomic E-state index is 10.4. The van der Waals surface area contributed by atoms with Gasteiger partial charge in [-0.25, -0.2) is 0 Å². The number of phenolic OH excluding ortho intramolecular Hbond substituents is 1. The topological polar surface area (TPSA) is 37.3 Å². The third kappa shape index (κ3) is 3.95. The zero-order valence-electron chi connectivity index (χ0n) is 10.9. The summed E-state index contributed by atoms with van der Waals surface area (Å²) in [5.74, 6) is 0.296. The van der Waals surface area contributed by atoms with Gasteiger partial charge in [0.25, 0.3) is 0 Å². The molecular weight excluding hydrogens is 236 g/mol. The number of phenols is 1. The van der Waals surface area contributed by atoms with Gasteiger partial charge in [0.1, 0.15) is 12.0 Å². The van der Waals surface area contributed by atoms with Crippen molar-refractivity contribution >= 4 is 6.29 Å². The molecular formula is C17H18O2. The molecule has 2 rings (SSSR count). The third-order valence-electron chi connectivity index (χ3n) is 3.20. The molecule has 0 radical (unpaired) electrons. The SMILES string of the molecule is O=CCCCc1ccc(O)cc1Cc1ccccc1. The van der Waals surface area contributed by atoms with Crippen molar-refractivity contribution < 1.29 is 9.90 Å². The molecule has 0 atom stereocenters. The van der Waals surface area contributed by atoms with Gasteiger partial charge in [-0.05, 0) is 48.1 Å². The van der Waals surface area contributed by atoms with Crippen molar-refractivity contribution in [3.8, 4) is 5.75 Å². The maximum atomic E-state index is 10.4. The lowest BCUT2D eigenvalue weighted by Gasteiger charge is -2.10. The van der Waals surface area contributed by atoms with Crippen molar-refractivity contribution in [3.05, 3.63) is 65.2 Å². The Kier molecular flexibility index (Phi) is 4.73. The highest BCUT2D eigenvalue weighted by atomic mass is 16.3. The molecule has 0 spiro atoms. The monoisotopic (exact) mass is 254 g/mol. The van der Waals surface area contributed by atoms with E-state index in [1.807, 2.05) is 30.3 Å². The van der Waals surface area contributed by atoms with Gasteiger partial charge in [-0.2, -0.15) is 0 Å². The van der Waals surface area contributed by atoms with Crippen LogP contribution in [0.5, 0.6) is 5.75 Å². The predicted molar refractivity (Wildman–Crippen MR) is 76.4 cm³/mol. The molecule has 0 heterocycles. The fourth-order valence-corrected chi connectivity index (χ4v) is 2.21. The summed E-state index contributed by atoms with van der Waals surface area (Å²) in [4.78, 5) is 10.4. The molecule has 98 valence electrons. The fraction of sp³-hybridized carbons (Fsp3) is 0.235. The van der Waals surface area contributed by atoms with Crippen molar-refractivity contribution in [3.63, 3.8) is 0 Å². The van der Waals surface area contributed by atoms with Crippen LogP contribution in [0.2, 0.25) is 0 Å². The van der Waals surface area contributed by atoms with Crippen LogP contribution >= 0.6 is 0 Å². The summed E-state index contributed by atoms with van der Waals surface area (Å²) in [6.45, 7) is 0. The van der Waals surface area contributed by atoms with Gasteiger partial charge in [0, 0.05) is 6.42 Å². The summed E-state index contributed by atoms with van der Waals surface area (Å²) in [5, 5.41) is 9.63. The molecule has 1 N–H and O–H groups in total. The average Bonchev–Trinajstić information content (AvgIpc) is 2.43. The predicted octanol–water partition coefficient (Wildman–Crippen LogP) is 3.50. The van der Waals surface area contributed by atoms with Crippen LogP contribution in [0.4, 0.5) is 0 Å². The molecule has 0 aliphatic carbocycles. The second-order valence-electron chi connectivity index (χ2n) is 4.67.